The number of carbonyl (C=O) groups excluding carboxylic acids is 1. The number of rotatable bonds is 1. The molecule has 82 valence electrons. The summed E-state index contributed by atoms with van der Waals surface area (Å²) in [6.45, 7) is 2.92. The van der Waals surface area contributed by atoms with E-state index in [2.05, 4.69) is 10.4 Å². The first-order valence-corrected chi connectivity index (χ1v) is 5.38. The maximum Gasteiger partial charge on any atom is 0.341 e. The molecule has 1 aliphatic heterocycles. The number of nitrogens with zero attached hydrogens (tertiary/aromatic N) is 2. The number of amides is 1. The number of aryl methyl sites for hydroxylation is 1. The Morgan fingerprint density at radius 3 is 3.07 bits per heavy atom. The second kappa shape index (κ2) is 3.92. The quantitative estimate of drug-likeness (QED) is 0.726. The summed E-state index contributed by atoms with van der Waals surface area (Å²) < 4.78 is 1.29. The van der Waals surface area contributed by atoms with Crippen molar-refractivity contribution in [3.05, 3.63) is 11.3 Å². The first kappa shape index (κ1) is 10.0. The maximum absolute atomic E-state index is 11.2. The molecule has 5 heteroatoms. The van der Waals surface area contributed by atoms with Crippen molar-refractivity contribution in [2.75, 3.05) is 11.9 Å². The van der Waals surface area contributed by atoms with E-state index in [9.17, 15) is 4.79 Å². The van der Waals surface area contributed by atoms with E-state index in [0.29, 0.717) is 0 Å². The van der Waals surface area contributed by atoms with Gasteiger partial charge in [-0.1, -0.05) is 6.92 Å². The highest BCUT2D eigenvalue weighted by atomic mass is 16.2. The van der Waals surface area contributed by atoms with Crippen molar-refractivity contribution < 1.29 is 4.79 Å². The van der Waals surface area contributed by atoms with Crippen LogP contribution in [-0.4, -0.2) is 22.4 Å². The summed E-state index contributed by atoms with van der Waals surface area (Å²) in [7, 11) is 0. The fourth-order valence-corrected chi connectivity index (χ4v) is 2.02. The molecule has 0 aliphatic carbocycles. The van der Waals surface area contributed by atoms with Gasteiger partial charge in [0.1, 0.15) is 5.82 Å². The predicted molar refractivity (Wildman–Crippen MR) is 58.0 cm³/mol. The zero-order valence-electron chi connectivity index (χ0n) is 8.92. The topological polar surface area (TPSA) is 72.9 Å². The summed E-state index contributed by atoms with van der Waals surface area (Å²) in [5.41, 5.74) is 7.42. The molecule has 0 saturated heterocycles. The molecular formula is C10H16N4O. The van der Waals surface area contributed by atoms with E-state index in [1.165, 1.54) is 4.68 Å². The van der Waals surface area contributed by atoms with Gasteiger partial charge in [-0.15, -0.1) is 0 Å². The van der Waals surface area contributed by atoms with Crippen LogP contribution in [0.25, 0.3) is 0 Å². The lowest BCUT2D eigenvalue weighted by Crippen LogP contribution is -2.23. The Morgan fingerprint density at radius 2 is 2.40 bits per heavy atom. The molecule has 0 aromatic carbocycles. The highest BCUT2D eigenvalue weighted by molar-refractivity contribution is 5.79. The Hall–Kier alpha value is -1.52. The summed E-state index contributed by atoms with van der Waals surface area (Å²) in [5.74, 6) is 0.803. The number of hydrogen-bond acceptors (Lipinski definition) is 3. The average Bonchev–Trinajstić information content (AvgIpc) is 2.41. The third-order valence-corrected chi connectivity index (χ3v) is 2.76. The molecule has 0 unspecified atom stereocenters. The van der Waals surface area contributed by atoms with Gasteiger partial charge < -0.3 is 11.1 Å². The molecule has 1 amide bonds. The van der Waals surface area contributed by atoms with E-state index in [4.69, 9.17) is 5.73 Å². The van der Waals surface area contributed by atoms with Crippen molar-refractivity contribution >= 4 is 11.8 Å². The van der Waals surface area contributed by atoms with E-state index in [0.717, 1.165) is 49.3 Å². The number of hydrogen-bond donors (Lipinski definition) is 2. The van der Waals surface area contributed by atoms with E-state index in [1.807, 2.05) is 6.92 Å². The van der Waals surface area contributed by atoms with Gasteiger partial charge in [0, 0.05) is 12.1 Å². The van der Waals surface area contributed by atoms with Gasteiger partial charge in [-0.05, 0) is 25.7 Å². The van der Waals surface area contributed by atoms with Crippen LogP contribution in [0.4, 0.5) is 10.6 Å². The zero-order valence-corrected chi connectivity index (χ0v) is 8.92. The van der Waals surface area contributed by atoms with Crippen molar-refractivity contribution in [2.45, 2.75) is 32.6 Å². The highest BCUT2D eigenvalue weighted by Crippen LogP contribution is 2.25. The van der Waals surface area contributed by atoms with Crippen molar-refractivity contribution in [1.29, 1.82) is 0 Å². The molecule has 1 aromatic rings. The van der Waals surface area contributed by atoms with Crippen LogP contribution in [0.5, 0.6) is 0 Å². The largest absolute Gasteiger partial charge is 0.370 e. The molecule has 5 nitrogen and oxygen atoms in total. The van der Waals surface area contributed by atoms with E-state index in [-0.39, 0.29) is 0 Å². The third kappa shape index (κ3) is 1.69. The van der Waals surface area contributed by atoms with Gasteiger partial charge in [-0.2, -0.15) is 9.78 Å². The number of nitrogens with two attached hydrogens (primary N) is 1. The van der Waals surface area contributed by atoms with Crippen LogP contribution in [-0.2, 0) is 12.8 Å². The van der Waals surface area contributed by atoms with Crippen molar-refractivity contribution in [3.63, 3.8) is 0 Å². The summed E-state index contributed by atoms with van der Waals surface area (Å²) >= 11 is 0. The molecule has 2 heterocycles. The van der Waals surface area contributed by atoms with Crippen molar-refractivity contribution in [2.24, 2.45) is 5.73 Å². The minimum atomic E-state index is -0.514. The Bertz CT molecular complexity index is 383. The fourth-order valence-electron chi connectivity index (χ4n) is 2.02. The maximum atomic E-state index is 11.2. The number of carbonyl (C=O) groups is 1. The van der Waals surface area contributed by atoms with Crippen LogP contribution in [0.1, 0.15) is 31.0 Å². The lowest BCUT2D eigenvalue weighted by atomic mass is 10.1. The molecule has 0 spiro atoms. The van der Waals surface area contributed by atoms with Crippen molar-refractivity contribution in [1.82, 2.24) is 9.78 Å². The monoisotopic (exact) mass is 208 g/mol. The number of fused-ring (bicyclic) bond motifs is 1. The molecule has 0 bridgehead atoms. The van der Waals surface area contributed by atoms with Crippen LogP contribution >= 0.6 is 0 Å². The number of nitrogens with one attached hydrogen (secondary N) is 1. The molecule has 3 N–H and O–H groups in total. The smallest absolute Gasteiger partial charge is 0.341 e. The summed E-state index contributed by atoms with van der Waals surface area (Å²) in [4.78, 5) is 11.2. The standard InChI is InChI=1S/C10H16N4O/c1-2-8-7-5-3-4-6-12-9(7)14(13-8)10(11)15/h12H,2-6H2,1H3,(H2,11,15). The van der Waals surface area contributed by atoms with Crippen LogP contribution in [0.2, 0.25) is 0 Å². The average molecular weight is 208 g/mol. The van der Waals surface area contributed by atoms with E-state index >= 15 is 0 Å². The van der Waals surface area contributed by atoms with Gasteiger partial charge in [-0.25, -0.2) is 4.79 Å². The van der Waals surface area contributed by atoms with E-state index in [1.54, 1.807) is 0 Å². The summed E-state index contributed by atoms with van der Waals surface area (Å²) in [5, 5.41) is 7.46. The van der Waals surface area contributed by atoms with Crippen LogP contribution in [0.3, 0.4) is 0 Å². The fraction of sp³-hybridized carbons (Fsp3) is 0.600. The Labute approximate surface area is 88.6 Å². The first-order chi connectivity index (χ1) is 7.24. The van der Waals surface area contributed by atoms with Gasteiger partial charge in [0.15, 0.2) is 0 Å². The van der Waals surface area contributed by atoms with E-state index < -0.39 is 6.03 Å². The molecule has 0 fully saturated rings. The third-order valence-electron chi connectivity index (χ3n) is 2.76. The van der Waals surface area contributed by atoms with Crippen LogP contribution in [0, 0.1) is 0 Å². The number of anilines is 1. The van der Waals surface area contributed by atoms with Gasteiger partial charge >= 0.3 is 6.03 Å². The number of primary amides is 1. The molecule has 0 atom stereocenters. The van der Waals surface area contributed by atoms with Gasteiger partial charge in [0.05, 0.1) is 5.69 Å². The molecular weight excluding hydrogens is 192 g/mol. The number of aromatic nitrogens is 2. The van der Waals surface area contributed by atoms with Crippen molar-refractivity contribution in [3.8, 4) is 0 Å². The lowest BCUT2D eigenvalue weighted by molar-refractivity contribution is 0.248. The molecule has 1 aromatic heterocycles. The second-order valence-electron chi connectivity index (χ2n) is 3.76. The molecule has 2 rings (SSSR count). The Kier molecular flexibility index (Phi) is 2.62. The normalized spacial score (nSPS) is 15.3. The molecule has 15 heavy (non-hydrogen) atoms. The van der Waals surface area contributed by atoms with Crippen LogP contribution < -0.4 is 11.1 Å². The Balaban J connectivity index is 2.49. The predicted octanol–water partition coefficient (Wildman–Crippen LogP) is 1.12. The van der Waals surface area contributed by atoms with Gasteiger partial charge in [0.25, 0.3) is 0 Å². The molecule has 0 saturated carbocycles. The zero-order chi connectivity index (χ0) is 10.8. The second-order valence-corrected chi connectivity index (χ2v) is 3.76. The van der Waals surface area contributed by atoms with Gasteiger partial charge in [0.2, 0.25) is 0 Å². The first-order valence-electron chi connectivity index (χ1n) is 5.38. The lowest BCUT2D eigenvalue weighted by Gasteiger charge is -2.04. The SMILES string of the molecule is CCc1nn(C(N)=O)c2c1CCCCN2. The molecule has 0 radical (unpaired) electrons. The highest BCUT2D eigenvalue weighted by Gasteiger charge is 2.20. The summed E-state index contributed by atoms with van der Waals surface area (Å²) in [6, 6.07) is -0.514. The van der Waals surface area contributed by atoms with Crippen LogP contribution in [0.15, 0.2) is 0 Å². The summed E-state index contributed by atoms with van der Waals surface area (Å²) in [6.07, 6.45) is 4.08. The minimum Gasteiger partial charge on any atom is -0.370 e. The van der Waals surface area contributed by atoms with Gasteiger partial charge in [-0.3, -0.25) is 0 Å². The minimum absolute atomic E-state index is 0.514. The Morgan fingerprint density at radius 1 is 1.60 bits per heavy atom. The molecule has 1 aliphatic rings.